The summed E-state index contributed by atoms with van der Waals surface area (Å²) in [6, 6.07) is 0. The zero-order chi connectivity index (χ0) is 10.3. The van der Waals surface area contributed by atoms with Crippen molar-refractivity contribution in [2.24, 2.45) is 5.92 Å². The number of aromatic nitrogens is 2. The van der Waals surface area contributed by atoms with E-state index in [1.54, 1.807) is 0 Å². The molecule has 1 aromatic rings. The summed E-state index contributed by atoms with van der Waals surface area (Å²) < 4.78 is 5.42. The molecule has 5 nitrogen and oxygen atoms in total. The molecule has 1 amide bonds. The SMILES string of the molecule is O=C(NCc1nnc(C2CC2)o1)C1CC1. The molecule has 3 rings (SSSR count). The molecule has 0 aromatic carbocycles. The van der Waals surface area contributed by atoms with E-state index in [0.29, 0.717) is 18.4 Å². The van der Waals surface area contributed by atoms with Gasteiger partial charge in [-0.2, -0.15) is 0 Å². The first-order valence-electron chi connectivity index (χ1n) is 5.43. The lowest BCUT2D eigenvalue weighted by molar-refractivity contribution is -0.122. The summed E-state index contributed by atoms with van der Waals surface area (Å²) in [4.78, 5) is 11.3. The first kappa shape index (κ1) is 8.88. The van der Waals surface area contributed by atoms with Crippen LogP contribution in [-0.4, -0.2) is 16.1 Å². The summed E-state index contributed by atoms with van der Waals surface area (Å²) >= 11 is 0. The van der Waals surface area contributed by atoms with E-state index in [1.807, 2.05) is 0 Å². The molecule has 0 spiro atoms. The highest BCUT2D eigenvalue weighted by Crippen LogP contribution is 2.38. The molecule has 0 atom stereocenters. The van der Waals surface area contributed by atoms with Crippen LogP contribution in [0.3, 0.4) is 0 Å². The van der Waals surface area contributed by atoms with Crippen LogP contribution in [0.2, 0.25) is 0 Å². The van der Waals surface area contributed by atoms with Gasteiger partial charge in [0.15, 0.2) is 0 Å². The molecule has 1 heterocycles. The number of rotatable bonds is 4. The second kappa shape index (κ2) is 3.32. The van der Waals surface area contributed by atoms with E-state index >= 15 is 0 Å². The van der Waals surface area contributed by atoms with Crippen LogP contribution in [0.25, 0.3) is 0 Å². The molecule has 0 bridgehead atoms. The van der Waals surface area contributed by atoms with Gasteiger partial charge < -0.3 is 9.73 Å². The third-order valence-electron chi connectivity index (χ3n) is 2.77. The van der Waals surface area contributed by atoms with Gasteiger partial charge in [0.25, 0.3) is 0 Å². The summed E-state index contributed by atoms with van der Waals surface area (Å²) in [6.07, 6.45) is 4.33. The van der Waals surface area contributed by atoms with E-state index < -0.39 is 0 Å². The Labute approximate surface area is 87.3 Å². The normalized spacial score (nSPS) is 20.3. The molecule has 1 N–H and O–H groups in total. The lowest BCUT2D eigenvalue weighted by Crippen LogP contribution is -2.24. The average Bonchev–Trinajstić information content (AvgIpc) is 3.12. The number of hydrogen-bond donors (Lipinski definition) is 1. The molecular formula is C10H13N3O2. The van der Waals surface area contributed by atoms with Crippen LogP contribution >= 0.6 is 0 Å². The monoisotopic (exact) mass is 207 g/mol. The van der Waals surface area contributed by atoms with Crippen LogP contribution < -0.4 is 5.32 Å². The van der Waals surface area contributed by atoms with E-state index in [4.69, 9.17) is 4.42 Å². The third kappa shape index (κ3) is 2.00. The minimum absolute atomic E-state index is 0.112. The Bertz CT molecular complexity index is 380. The van der Waals surface area contributed by atoms with Crippen molar-refractivity contribution in [3.05, 3.63) is 11.8 Å². The van der Waals surface area contributed by atoms with Crippen LogP contribution in [0.1, 0.15) is 43.4 Å². The number of carbonyl (C=O) groups excluding carboxylic acids is 1. The fourth-order valence-corrected chi connectivity index (χ4v) is 1.49. The summed E-state index contributed by atoms with van der Waals surface area (Å²) in [5.41, 5.74) is 0. The van der Waals surface area contributed by atoms with Crippen LogP contribution in [0.15, 0.2) is 4.42 Å². The molecule has 2 aliphatic carbocycles. The lowest BCUT2D eigenvalue weighted by atomic mass is 10.4. The summed E-state index contributed by atoms with van der Waals surface area (Å²) in [5, 5.41) is 10.6. The first-order chi connectivity index (χ1) is 7.33. The molecule has 15 heavy (non-hydrogen) atoms. The standard InChI is InChI=1S/C10H13N3O2/c14-9(6-1-2-6)11-5-8-12-13-10(15-8)7-3-4-7/h6-7H,1-5H2,(H,11,14). The Hall–Kier alpha value is -1.39. The van der Waals surface area contributed by atoms with Crippen molar-refractivity contribution in [2.75, 3.05) is 0 Å². The Morgan fingerprint density at radius 2 is 2.13 bits per heavy atom. The Kier molecular flexibility index (Phi) is 1.97. The zero-order valence-corrected chi connectivity index (χ0v) is 8.40. The number of nitrogens with zero attached hydrogens (tertiary/aromatic N) is 2. The van der Waals surface area contributed by atoms with Crippen LogP contribution in [0, 0.1) is 5.92 Å². The maximum Gasteiger partial charge on any atom is 0.235 e. The van der Waals surface area contributed by atoms with Crippen molar-refractivity contribution >= 4 is 5.91 Å². The molecule has 0 saturated heterocycles. The van der Waals surface area contributed by atoms with Crippen molar-refractivity contribution in [2.45, 2.75) is 38.1 Å². The van der Waals surface area contributed by atoms with E-state index in [-0.39, 0.29) is 11.8 Å². The maximum absolute atomic E-state index is 11.3. The number of amides is 1. The third-order valence-corrected chi connectivity index (χ3v) is 2.77. The molecule has 0 radical (unpaired) electrons. The van der Waals surface area contributed by atoms with E-state index in [1.165, 1.54) is 0 Å². The largest absolute Gasteiger partial charge is 0.423 e. The Morgan fingerprint density at radius 1 is 1.33 bits per heavy atom. The Morgan fingerprint density at radius 3 is 2.80 bits per heavy atom. The van der Waals surface area contributed by atoms with Crippen molar-refractivity contribution in [1.29, 1.82) is 0 Å². The molecule has 1 aromatic heterocycles. The predicted molar refractivity (Wildman–Crippen MR) is 50.8 cm³/mol. The van der Waals surface area contributed by atoms with Gasteiger partial charge >= 0.3 is 0 Å². The highest BCUT2D eigenvalue weighted by atomic mass is 16.4. The Balaban J connectivity index is 1.54. The number of hydrogen-bond acceptors (Lipinski definition) is 4. The summed E-state index contributed by atoms with van der Waals surface area (Å²) in [7, 11) is 0. The summed E-state index contributed by atoms with van der Waals surface area (Å²) in [5.74, 6) is 2.07. The average molecular weight is 207 g/mol. The van der Waals surface area contributed by atoms with Crippen molar-refractivity contribution < 1.29 is 9.21 Å². The molecule has 80 valence electrons. The smallest absolute Gasteiger partial charge is 0.235 e. The van der Waals surface area contributed by atoms with Crippen molar-refractivity contribution in [3.8, 4) is 0 Å². The van der Waals surface area contributed by atoms with Crippen LogP contribution in [-0.2, 0) is 11.3 Å². The van der Waals surface area contributed by atoms with Gasteiger partial charge in [0.2, 0.25) is 17.7 Å². The molecule has 2 fully saturated rings. The maximum atomic E-state index is 11.3. The quantitative estimate of drug-likeness (QED) is 0.798. The molecule has 0 unspecified atom stereocenters. The van der Waals surface area contributed by atoms with E-state index in [9.17, 15) is 4.79 Å². The molecule has 2 aliphatic rings. The fraction of sp³-hybridized carbons (Fsp3) is 0.700. The van der Waals surface area contributed by atoms with Crippen LogP contribution in [0.5, 0.6) is 0 Å². The number of carbonyl (C=O) groups is 1. The lowest BCUT2D eigenvalue weighted by Gasteiger charge is -1.98. The van der Waals surface area contributed by atoms with Crippen molar-refractivity contribution in [3.63, 3.8) is 0 Å². The zero-order valence-electron chi connectivity index (χ0n) is 8.40. The van der Waals surface area contributed by atoms with Crippen LogP contribution in [0.4, 0.5) is 0 Å². The van der Waals surface area contributed by atoms with Gasteiger partial charge in [-0.25, -0.2) is 0 Å². The second-order valence-corrected chi connectivity index (χ2v) is 4.30. The second-order valence-electron chi connectivity index (χ2n) is 4.30. The number of nitrogens with one attached hydrogen (secondary N) is 1. The van der Waals surface area contributed by atoms with Crippen molar-refractivity contribution in [1.82, 2.24) is 15.5 Å². The molecule has 2 saturated carbocycles. The molecule has 5 heteroatoms. The van der Waals surface area contributed by atoms with Gasteiger partial charge in [0.05, 0.1) is 6.54 Å². The molecular weight excluding hydrogens is 194 g/mol. The minimum atomic E-state index is 0.112. The predicted octanol–water partition coefficient (Wildman–Crippen LogP) is 0.973. The van der Waals surface area contributed by atoms with Gasteiger partial charge in [-0.05, 0) is 25.7 Å². The molecule has 0 aliphatic heterocycles. The fourth-order valence-electron chi connectivity index (χ4n) is 1.49. The topological polar surface area (TPSA) is 68.0 Å². The highest BCUT2D eigenvalue weighted by molar-refractivity contribution is 5.80. The first-order valence-corrected chi connectivity index (χ1v) is 5.43. The highest BCUT2D eigenvalue weighted by Gasteiger charge is 2.31. The van der Waals surface area contributed by atoms with E-state index in [0.717, 1.165) is 31.6 Å². The van der Waals surface area contributed by atoms with E-state index in [2.05, 4.69) is 15.5 Å². The van der Waals surface area contributed by atoms with Gasteiger partial charge in [-0.1, -0.05) is 0 Å². The van der Waals surface area contributed by atoms with Gasteiger partial charge in [0.1, 0.15) is 0 Å². The van der Waals surface area contributed by atoms with Gasteiger partial charge in [-0.3, -0.25) is 4.79 Å². The summed E-state index contributed by atoms with van der Waals surface area (Å²) in [6.45, 7) is 0.370. The van der Waals surface area contributed by atoms with Gasteiger partial charge in [0, 0.05) is 11.8 Å². The van der Waals surface area contributed by atoms with Gasteiger partial charge in [-0.15, -0.1) is 10.2 Å². The minimum Gasteiger partial charge on any atom is -0.423 e.